The highest BCUT2D eigenvalue weighted by atomic mass is 35.5. The van der Waals surface area contributed by atoms with Crippen molar-refractivity contribution in [2.45, 2.75) is 32.9 Å². The number of para-hydroxylation sites is 1. The van der Waals surface area contributed by atoms with Gasteiger partial charge in [0.25, 0.3) is 0 Å². The third-order valence-electron chi connectivity index (χ3n) is 7.50. The zero-order chi connectivity index (χ0) is 25.3. The average Bonchev–Trinajstić information content (AvgIpc) is 3.45. The summed E-state index contributed by atoms with van der Waals surface area (Å²) in [5, 5.41) is 1.78. The highest BCUT2D eigenvalue weighted by molar-refractivity contribution is 6.31. The first-order valence-electron chi connectivity index (χ1n) is 12.6. The fourth-order valence-electron chi connectivity index (χ4n) is 5.91. The number of hydrogen-bond donors (Lipinski definition) is 1. The molecule has 3 aromatic carbocycles. The second-order valence-electron chi connectivity index (χ2n) is 9.68. The maximum atomic E-state index is 13.7. The summed E-state index contributed by atoms with van der Waals surface area (Å²) < 4.78 is 14.6. The van der Waals surface area contributed by atoms with Crippen molar-refractivity contribution in [2.75, 3.05) is 6.61 Å². The second kappa shape index (κ2) is 8.29. The van der Waals surface area contributed by atoms with E-state index in [1.807, 2.05) is 31.2 Å². The van der Waals surface area contributed by atoms with Gasteiger partial charge in [0.2, 0.25) is 0 Å². The molecule has 0 radical (unpaired) electrons. The summed E-state index contributed by atoms with van der Waals surface area (Å²) in [5.74, 6) is 0.363. The minimum atomic E-state index is -0.378. The first kappa shape index (κ1) is 22.3. The Kier molecular flexibility index (Phi) is 4.98. The molecular weight excluding hydrogens is 484 g/mol. The summed E-state index contributed by atoms with van der Waals surface area (Å²) in [6, 6.07) is 22.3. The van der Waals surface area contributed by atoms with Crippen molar-refractivity contribution in [3.8, 4) is 28.3 Å². The molecule has 7 rings (SSSR count). The molecule has 1 atom stereocenters. The Morgan fingerprint density at radius 2 is 1.95 bits per heavy atom. The minimum Gasteiger partial charge on any atom is -0.479 e. The average molecular weight is 509 g/mol. The lowest BCUT2D eigenvalue weighted by Crippen LogP contribution is -2.21. The monoisotopic (exact) mass is 508 g/mol. The number of benzene rings is 3. The summed E-state index contributed by atoms with van der Waals surface area (Å²) in [6.45, 7) is 4.93. The standard InChI is InChI=1S/C31H25ClN2O3/c1-3-36-31(35)26-25-22-16-19(32)12-13-24(22)37-30(18-10-8-17(2)9-11-18)29(25)34-15-14-21-20-6-4-5-7-23(20)33-27(21)28(26)34/h4-13,16,30,33H,3,14-15H2,1-2H3/t30-/m1/s1. The van der Waals surface area contributed by atoms with E-state index in [2.05, 4.69) is 58.9 Å². The molecule has 6 heteroatoms. The first-order valence-corrected chi connectivity index (χ1v) is 13.0. The van der Waals surface area contributed by atoms with Crippen molar-refractivity contribution < 1.29 is 14.3 Å². The number of rotatable bonds is 3. The number of hydrogen-bond acceptors (Lipinski definition) is 3. The van der Waals surface area contributed by atoms with Crippen LogP contribution >= 0.6 is 11.6 Å². The van der Waals surface area contributed by atoms with Crippen LogP contribution in [-0.4, -0.2) is 22.1 Å². The van der Waals surface area contributed by atoms with E-state index in [-0.39, 0.29) is 18.7 Å². The van der Waals surface area contributed by atoms with E-state index in [0.717, 1.165) is 52.3 Å². The molecule has 4 heterocycles. The summed E-state index contributed by atoms with van der Waals surface area (Å²) in [4.78, 5) is 17.4. The molecule has 0 unspecified atom stereocenters. The van der Waals surface area contributed by atoms with Crippen LogP contribution in [0.2, 0.25) is 5.02 Å². The molecule has 0 aliphatic carbocycles. The van der Waals surface area contributed by atoms with Crippen LogP contribution in [0.1, 0.15) is 45.8 Å². The van der Waals surface area contributed by atoms with Crippen LogP contribution in [-0.2, 0) is 17.7 Å². The summed E-state index contributed by atoms with van der Waals surface area (Å²) in [5.41, 5.74) is 9.50. The van der Waals surface area contributed by atoms with Crippen molar-refractivity contribution in [1.82, 2.24) is 9.55 Å². The number of carbonyl (C=O) groups excluding carboxylic acids is 1. The molecule has 2 aliphatic rings. The molecule has 0 spiro atoms. The molecular formula is C31H25ClN2O3. The van der Waals surface area contributed by atoms with Gasteiger partial charge in [-0.25, -0.2) is 4.79 Å². The number of aromatic amines is 1. The maximum Gasteiger partial charge on any atom is 0.341 e. The van der Waals surface area contributed by atoms with Gasteiger partial charge >= 0.3 is 5.97 Å². The molecule has 5 nitrogen and oxygen atoms in total. The number of fused-ring (bicyclic) bond motifs is 9. The van der Waals surface area contributed by atoms with Gasteiger partial charge in [-0.05, 0) is 55.7 Å². The third kappa shape index (κ3) is 3.27. The molecule has 0 fully saturated rings. The third-order valence-corrected chi connectivity index (χ3v) is 7.74. The number of nitrogens with zero attached hydrogens (tertiary/aromatic N) is 1. The topological polar surface area (TPSA) is 56.2 Å². The quantitative estimate of drug-likeness (QED) is 0.257. The Hall–Kier alpha value is -3.96. The molecule has 37 heavy (non-hydrogen) atoms. The molecule has 2 aromatic heterocycles. The summed E-state index contributed by atoms with van der Waals surface area (Å²) >= 11 is 6.48. The van der Waals surface area contributed by atoms with Gasteiger partial charge in [-0.1, -0.05) is 59.6 Å². The van der Waals surface area contributed by atoms with E-state index in [1.165, 1.54) is 16.5 Å². The van der Waals surface area contributed by atoms with Crippen molar-refractivity contribution in [1.29, 1.82) is 0 Å². The van der Waals surface area contributed by atoms with Crippen molar-refractivity contribution >= 4 is 28.5 Å². The molecule has 0 saturated heterocycles. The lowest BCUT2D eigenvalue weighted by molar-refractivity contribution is 0.0528. The van der Waals surface area contributed by atoms with E-state index in [1.54, 1.807) is 0 Å². The Balaban J connectivity index is 1.59. The van der Waals surface area contributed by atoms with Gasteiger partial charge in [0.05, 0.1) is 29.3 Å². The number of esters is 1. The van der Waals surface area contributed by atoms with Crippen molar-refractivity contribution in [3.05, 3.63) is 99.7 Å². The summed E-state index contributed by atoms with van der Waals surface area (Å²) in [6.07, 6.45) is 0.468. The predicted octanol–water partition coefficient (Wildman–Crippen LogP) is 7.48. The molecule has 1 N–H and O–H groups in total. The fraction of sp³-hybridized carbons (Fsp3) is 0.194. The maximum absolute atomic E-state index is 13.7. The van der Waals surface area contributed by atoms with Crippen LogP contribution in [0.5, 0.6) is 5.75 Å². The van der Waals surface area contributed by atoms with E-state index in [4.69, 9.17) is 21.1 Å². The number of halogens is 1. The largest absolute Gasteiger partial charge is 0.479 e. The van der Waals surface area contributed by atoms with Crippen LogP contribution in [0, 0.1) is 6.92 Å². The smallest absolute Gasteiger partial charge is 0.341 e. The highest BCUT2D eigenvalue weighted by Gasteiger charge is 2.41. The van der Waals surface area contributed by atoms with Crippen molar-refractivity contribution in [3.63, 3.8) is 0 Å². The van der Waals surface area contributed by atoms with Gasteiger partial charge in [0.15, 0.2) is 6.10 Å². The first-order chi connectivity index (χ1) is 18.0. The normalized spacial score (nSPS) is 15.4. The van der Waals surface area contributed by atoms with Crippen molar-refractivity contribution in [2.24, 2.45) is 0 Å². The Morgan fingerprint density at radius 3 is 2.76 bits per heavy atom. The van der Waals surface area contributed by atoms with Gasteiger partial charge < -0.3 is 19.0 Å². The molecule has 2 aliphatic heterocycles. The van der Waals surface area contributed by atoms with Crippen LogP contribution in [0.4, 0.5) is 0 Å². The highest BCUT2D eigenvalue weighted by Crippen LogP contribution is 2.53. The van der Waals surface area contributed by atoms with Crippen LogP contribution in [0.15, 0.2) is 66.7 Å². The van der Waals surface area contributed by atoms with E-state index in [9.17, 15) is 4.79 Å². The number of aryl methyl sites for hydroxylation is 2. The molecule has 0 amide bonds. The zero-order valence-electron chi connectivity index (χ0n) is 20.6. The Morgan fingerprint density at radius 1 is 1.14 bits per heavy atom. The lowest BCUT2D eigenvalue weighted by Gasteiger charge is -2.30. The second-order valence-corrected chi connectivity index (χ2v) is 10.1. The van der Waals surface area contributed by atoms with Gasteiger partial charge in [-0.15, -0.1) is 0 Å². The molecule has 0 bridgehead atoms. The molecule has 0 saturated carbocycles. The van der Waals surface area contributed by atoms with Crippen LogP contribution in [0.3, 0.4) is 0 Å². The molecule has 184 valence electrons. The van der Waals surface area contributed by atoms with Crippen LogP contribution < -0.4 is 4.74 Å². The lowest BCUT2D eigenvalue weighted by atomic mass is 9.91. The fourth-order valence-corrected chi connectivity index (χ4v) is 6.08. The van der Waals surface area contributed by atoms with Gasteiger partial charge in [0.1, 0.15) is 5.75 Å². The minimum absolute atomic E-state index is 0.290. The number of H-pyrrole nitrogens is 1. The summed E-state index contributed by atoms with van der Waals surface area (Å²) in [7, 11) is 0. The Labute approximate surface area is 219 Å². The van der Waals surface area contributed by atoms with Gasteiger partial charge in [0, 0.05) is 33.6 Å². The van der Waals surface area contributed by atoms with Gasteiger partial charge in [-0.2, -0.15) is 0 Å². The van der Waals surface area contributed by atoms with E-state index >= 15 is 0 Å². The Bertz CT molecular complexity index is 1710. The van der Waals surface area contributed by atoms with E-state index in [0.29, 0.717) is 16.3 Å². The predicted molar refractivity (Wildman–Crippen MR) is 145 cm³/mol. The number of aromatic nitrogens is 2. The van der Waals surface area contributed by atoms with Crippen LogP contribution in [0.25, 0.3) is 33.4 Å². The number of carbonyl (C=O) groups is 1. The van der Waals surface area contributed by atoms with Gasteiger partial charge in [-0.3, -0.25) is 0 Å². The number of ether oxygens (including phenoxy) is 2. The SMILES string of the molecule is CCOC(=O)c1c2c(n3c1-c1[nH]c4ccccc4c1CC3)[C@@H](c1ccc(C)cc1)Oc1ccc(Cl)cc1-2. The zero-order valence-corrected chi connectivity index (χ0v) is 21.4. The number of nitrogens with one attached hydrogen (secondary N) is 1. The molecule has 5 aromatic rings. The van der Waals surface area contributed by atoms with E-state index < -0.39 is 0 Å².